The fraction of sp³-hybridized carbons (Fsp3) is 0.667. The maximum Gasteiger partial charge on any atom is 0.187 e. The Balaban J connectivity index is 2.80. The van der Waals surface area contributed by atoms with Crippen molar-refractivity contribution in [3.8, 4) is 0 Å². The molecule has 2 unspecified atom stereocenters. The maximum atomic E-state index is 6.17. The third kappa shape index (κ3) is 3.76. The normalized spacial score (nSPS) is 15.8. The molecule has 0 aliphatic heterocycles. The van der Waals surface area contributed by atoms with Crippen LogP contribution in [-0.4, -0.2) is 21.3 Å². The summed E-state index contributed by atoms with van der Waals surface area (Å²) < 4.78 is 0. The predicted octanol–water partition coefficient (Wildman–Crippen LogP) is 2.72. The van der Waals surface area contributed by atoms with Gasteiger partial charge >= 0.3 is 0 Å². The summed E-state index contributed by atoms with van der Waals surface area (Å²) in [7, 11) is 0. The zero-order valence-electron chi connectivity index (χ0n) is 10.5. The molecule has 1 aromatic rings. The van der Waals surface area contributed by atoms with Gasteiger partial charge in [-0.1, -0.05) is 39.5 Å². The molecule has 0 aliphatic rings. The van der Waals surface area contributed by atoms with Gasteiger partial charge in [-0.25, -0.2) is 9.97 Å². The molecule has 0 saturated carbocycles. The quantitative estimate of drug-likeness (QED) is 0.648. The molecule has 0 spiro atoms. The highest BCUT2D eigenvalue weighted by molar-refractivity contribution is 7.99. The molecule has 0 aromatic carbocycles. The van der Waals surface area contributed by atoms with Crippen molar-refractivity contribution in [2.75, 3.05) is 0 Å². The standard InChI is InChI=1S/C12H21N3S/c1-5-9(13)10(12(2,3)4)16-11-14-7-6-8-15-11/h6-10H,5,13H2,1-4H3. The Morgan fingerprint density at radius 3 is 2.31 bits per heavy atom. The van der Waals surface area contributed by atoms with Crippen molar-refractivity contribution in [2.24, 2.45) is 11.1 Å². The van der Waals surface area contributed by atoms with Gasteiger partial charge in [0.1, 0.15) is 0 Å². The molecule has 0 amide bonds. The molecule has 16 heavy (non-hydrogen) atoms. The van der Waals surface area contributed by atoms with Crippen LogP contribution in [0.5, 0.6) is 0 Å². The lowest BCUT2D eigenvalue weighted by Gasteiger charge is -2.33. The molecular weight excluding hydrogens is 218 g/mol. The van der Waals surface area contributed by atoms with Gasteiger partial charge in [-0.15, -0.1) is 0 Å². The fourth-order valence-corrected chi connectivity index (χ4v) is 2.77. The second kappa shape index (κ2) is 5.64. The van der Waals surface area contributed by atoms with E-state index in [1.807, 2.05) is 6.07 Å². The molecule has 90 valence electrons. The van der Waals surface area contributed by atoms with Crippen LogP contribution in [0.1, 0.15) is 34.1 Å². The van der Waals surface area contributed by atoms with E-state index in [9.17, 15) is 0 Å². The largest absolute Gasteiger partial charge is 0.327 e. The molecule has 4 heteroatoms. The molecular formula is C12H21N3S. The topological polar surface area (TPSA) is 51.8 Å². The molecule has 3 nitrogen and oxygen atoms in total. The SMILES string of the molecule is CCC(N)C(Sc1ncccn1)C(C)(C)C. The van der Waals surface area contributed by atoms with Crippen molar-refractivity contribution in [1.29, 1.82) is 0 Å². The molecule has 0 radical (unpaired) electrons. The van der Waals surface area contributed by atoms with Crippen LogP contribution >= 0.6 is 11.8 Å². The molecule has 1 heterocycles. The van der Waals surface area contributed by atoms with Crippen LogP contribution in [0.25, 0.3) is 0 Å². The van der Waals surface area contributed by atoms with E-state index in [0.29, 0.717) is 5.25 Å². The van der Waals surface area contributed by atoms with Gasteiger partial charge in [0, 0.05) is 23.7 Å². The van der Waals surface area contributed by atoms with E-state index in [2.05, 4.69) is 37.7 Å². The Morgan fingerprint density at radius 2 is 1.88 bits per heavy atom. The van der Waals surface area contributed by atoms with Crippen molar-refractivity contribution in [3.05, 3.63) is 18.5 Å². The minimum atomic E-state index is 0.152. The van der Waals surface area contributed by atoms with Crippen LogP contribution < -0.4 is 5.73 Å². The first-order valence-corrected chi connectivity index (χ1v) is 6.52. The second-order valence-electron chi connectivity index (χ2n) is 5.01. The van der Waals surface area contributed by atoms with Gasteiger partial charge in [-0.2, -0.15) is 0 Å². The van der Waals surface area contributed by atoms with Crippen molar-refractivity contribution in [2.45, 2.75) is 50.6 Å². The first kappa shape index (κ1) is 13.5. The maximum absolute atomic E-state index is 6.17. The highest BCUT2D eigenvalue weighted by Crippen LogP contribution is 2.35. The van der Waals surface area contributed by atoms with Crippen LogP contribution in [0.15, 0.2) is 23.6 Å². The van der Waals surface area contributed by atoms with Crippen LogP contribution in [0.4, 0.5) is 0 Å². The Kier molecular flexibility index (Phi) is 4.74. The van der Waals surface area contributed by atoms with E-state index in [0.717, 1.165) is 11.6 Å². The number of thioether (sulfide) groups is 1. The summed E-state index contributed by atoms with van der Waals surface area (Å²) in [6, 6.07) is 2.00. The summed E-state index contributed by atoms with van der Waals surface area (Å²) in [5.41, 5.74) is 6.33. The van der Waals surface area contributed by atoms with Crippen LogP contribution in [-0.2, 0) is 0 Å². The lowest BCUT2D eigenvalue weighted by molar-refractivity contribution is 0.349. The summed E-state index contributed by atoms with van der Waals surface area (Å²) in [4.78, 5) is 8.49. The summed E-state index contributed by atoms with van der Waals surface area (Å²) in [6.07, 6.45) is 4.51. The third-order valence-corrected chi connectivity index (χ3v) is 4.22. The summed E-state index contributed by atoms with van der Waals surface area (Å²) >= 11 is 1.68. The first-order valence-electron chi connectivity index (χ1n) is 5.64. The van der Waals surface area contributed by atoms with Crippen molar-refractivity contribution in [3.63, 3.8) is 0 Å². The van der Waals surface area contributed by atoms with Gasteiger partial charge in [-0.05, 0) is 17.9 Å². The zero-order chi connectivity index (χ0) is 12.2. The summed E-state index contributed by atoms with van der Waals surface area (Å²) in [5, 5.41) is 1.14. The lowest BCUT2D eigenvalue weighted by atomic mass is 9.87. The van der Waals surface area contributed by atoms with E-state index in [1.165, 1.54) is 0 Å². The molecule has 0 bridgehead atoms. The highest BCUT2D eigenvalue weighted by atomic mass is 32.2. The van der Waals surface area contributed by atoms with E-state index in [4.69, 9.17) is 5.73 Å². The fourth-order valence-electron chi connectivity index (χ4n) is 1.58. The van der Waals surface area contributed by atoms with Crippen molar-refractivity contribution < 1.29 is 0 Å². The number of nitrogens with two attached hydrogens (primary N) is 1. The molecule has 1 aromatic heterocycles. The van der Waals surface area contributed by atoms with Gasteiger partial charge < -0.3 is 5.73 Å². The third-order valence-electron chi connectivity index (χ3n) is 2.49. The van der Waals surface area contributed by atoms with E-state index < -0.39 is 0 Å². The van der Waals surface area contributed by atoms with Crippen LogP contribution in [0.3, 0.4) is 0 Å². The predicted molar refractivity (Wildman–Crippen MR) is 69.4 cm³/mol. The minimum absolute atomic E-state index is 0.152. The first-order chi connectivity index (χ1) is 7.45. The average Bonchev–Trinajstić information content (AvgIpc) is 2.25. The van der Waals surface area contributed by atoms with Crippen molar-refractivity contribution >= 4 is 11.8 Å². The number of nitrogens with zero attached hydrogens (tertiary/aromatic N) is 2. The van der Waals surface area contributed by atoms with Crippen molar-refractivity contribution in [1.82, 2.24) is 9.97 Å². The number of hydrogen-bond acceptors (Lipinski definition) is 4. The Morgan fingerprint density at radius 1 is 1.31 bits per heavy atom. The Labute approximate surface area is 102 Å². The lowest BCUT2D eigenvalue weighted by Crippen LogP contribution is -2.40. The number of hydrogen-bond donors (Lipinski definition) is 1. The second-order valence-corrected chi connectivity index (χ2v) is 6.12. The van der Waals surface area contributed by atoms with E-state index in [-0.39, 0.29) is 11.5 Å². The highest BCUT2D eigenvalue weighted by Gasteiger charge is 2.30. The van der Waals surface area contributed by atoms with E-state index >= 15 is 0 Å². The van der Waals surface area contributed by atoms with Crippen LogP contribution in [0.2, 0.25) is 0 Å². The van der Waals surface area contributed by atoms with Gasteiger partial charge in [0.25, 0.3) is 0 Å². The number of rotatable bonds is 4. The number of aromatic nitrogens is 2. The summed E-state index contributed by atoms with van der Waals surface area (Å²) in [5.74, 6) is 0. The molecule has 0 fully saturated rings. The van der Waals surface area contributed by atoms with Gasteiger partial charge in [0.2, 0.25) is 0 Å². The van der Waals surface area contributed by atoms with Gasteiger partial charge in [0.05, 0.1) is 0 Å². The summed E-state index contributed by atoms with van der Waals surface area (Å²) in [6.45, 7) is 8.76. The van der Waals surface area contributed by atoms with Gasteiger partial charge in [0.15, 0.2) is 5.16 Å². The van der Waals surface area contributed by atoms with Gasteiger partial charge in [-0.3, -0.25) is 0 Å². The van der Waals surface area contributed by atoms with E-state index in [1.54, 1.807) is 24.2 Å². The molecule has 2 N–H and O–H groups in total. The smallest absolute Gasteiger partial charge is 0.187 e. The Bertz CT molecular complexity index is 308. The van der Waals surface area contributed by atoms with Crippen LogP contribution in [0, 0.1) is 5.41 Å². The average molecular weight is 239 g/mol. The molecule has 1 rings (SSSR count). The Hall–Kier alpha value is -0.610. The molecule has 2 atom stereocenters. The molecule has 0 saturated heterocycles. The monoisotopic (exact) mass is 239 g/mol. The minimum Gasteiger partial charge on any atom is -0.327 e. The molecule has 0 aliphatic carbocycles. The zero-order valence-corrected chi connectivity index (χ0v) is 11.3.